The molecule has 8 heteroatoms. The Bertz CT molecular complexity index is 1060. The van der Waals surface area contributed by atoms with Crippen molar-refractivity contribution in [3.8, 4) is 17.1 Å². The second-order valence-electron chi connectivity index (χ2n) is 5.92. The first-order chi connectivity index (χ1) is 13.7. The van der Waals surface area contributed by atoms with Crippen molar-refractivity contribution in [1.82, 2.24) is 15.5 Å². The number of carbonyl (C=O) groups is 1. The van der Waals surface area contributed by atoms with E-state index in [0.29, 0.717) is 22.3 Å². The Balaban J connectivity index is 1.29. The van der Waals surface area contributed by atoms with Crippen LogP contribution < -0.4 is 10.1 Å². The summed E-state index contributed by atoms with van der Waals surface area (Å²) >= 11 is 1.25. The van der Waals surface area contributed by atoms with Crippen molar-refractivity contribution in [3.05, 3.63) is 60.3 Å². The van der Waals surface area contributed by atoms with Gasteiger partial charge in [0.25, 0.3) is 5.22 Å². The quantitative estimate of drug-likeness (QED) is 0.475. The van der Waals surface area contributed by atoms with Gasteiger partial charge in [-0.05, 0) is 36.4 Å². The fraction of sp³-hybridized carbons (Fsp3) is 0.150. The highest BCUT2D eigenvalue weighted by Gasteiger charge is 2.11. The third-order valence-corrected chi connectivity index (χ3v) is 4.83. The standard InChI is InChI=1S/C20H17N3O4S/c1-25-15-8-6-13(7-9-15)18-10-14(23-27-18)11-21-19(24)12-28-20-22-16-4-2-3-5-17(16)26-20/h2-10H,11-12H2,1H3,(H,21,24). The maximum atomic E-state index is 12.1. The Morgan fingerprint density at radius 3 is 2.79 bits per heavy atom. The monoisotopic (exact) mass is 395 g/mol. The van der Waals surface area contributed by atoms with Crippen molar-refractivity contribution < 1.29 is 18.5 Å². The molecule has 0 radical (unpaired) electrons. The molecule has 1 amide bonds. The lowest BCUT2D eigenvalue weighted by Crippen LogP contribution is -2.24. The molecule has 0 aliphatic rings. The maximum absolute atomic E-state index is 12.1. The largest absolute Gasteiger partial charge is 0.497 e. The van der Waals surface area contributed by atoms with Crippen molar-refractivity contribution in [1.29, 1.82) is 0 Å². The van der Waals surface area contributed by atoms with Crippen LogP contribution in [0.4, 0.5) is 0 Å². The number of ether oxygens (including phenoxy) is 1. The zero-order chi connectivity index (χ0) is 19.3. The van der Waals surface area contributed by atoms with Crippen molar-refractivity contribution in [2.45, 2.75) is 11.8 Å². The van der Waals surface area contributed by atoms with E-state index in [0.717, 1.165) is 16.8 Å². The summed E-state index contributed by atoms with van der Waals surface area (Å²) in [4.78, 5) is 16.4. The summed E-state index contributed by atoms with van der Waals surface area (Å²) in [5.74, 6) is 1.47. The number of benzene rings is 2. The first-order valence-corrected chi connectivity index (χ1v) is 9.55. The molecule has 142 valence electrons. The minimum atomic E-state index is -0.138. The molecule has 0 bridgehead atoms. The molecule has 2 heterocycles. The molecular formula is C20H17N3O4S. The molecule has 2 aromatic heterocycles. The summed E-state index contributed by atoms with van der Waals surface area (Å²) in [6, 6.07) is 16.8. The number of para-hydroxylation sites is 2. The Morgan fingerprint density at radius 1 is 1.18 bits per heavy atom. The Kier molecular flexibility index (Phi) is 5.29. The maximum Gasteiger partial charge on any atom is 0.257 e. The van der Waals surface area contributed by atoms with Gasteiger partial charge >= 0.3 is 0 Å². The van der Waals surface area contributed by atoms with E-state index >= 15 is 0 Å². The highest BCUT2D eigenvalue weighted by atomic mass is 32.2. The highest BCUT2D eigenvalue weighted by Crippen LogP contribution is 2.24. The molecule has 0 spiro atoms. The number of aromatic nitrogens is 2. The van der Waals surface area contributed by atoms with Gasteiger partial charge in [0.2, 0.25) is 5.91 Å². The topological polar surface area (TPSA) is 90.4 Å². The first kappa shape index (κ1) is 18.1. The van der Waals surface area contributed by atoms with Gasteiger partial charge in [-0.15, -0.1) is 0 Å². The second kappa shape index (κ2) is 8.18. The van der Waals surface area contributed by atoms with Gasteiger partial charge in [-0.25, -0.2) is 4.98 Å². The lowest BCUT2D eigenvalue weighted by molar-refractivity contribution is -0.118. The van der Waals surface area contributed by atoms with Crippen LogP contribution in [-0.4, -0.2) is 28.9 Å². The summed E-state index contributed by atoms with van der Waals surface area (Å²) in [6.07, 6.45) is 0. The van der Waals surface area contributed by atoms with Crippen LogP contribution in [0, 0.1) is 0 Å². The number of fused-ring (bicyclic) bond motifs is 1. The molecule has 0 saturated carbocycles. The van der Waals surface area contributed by atoms with Crippen LogP contribution in [0.1, 0.15) is 5.69 Å². The second-order valence-corrected chi connectivity index (χ2v) is 6.85. The van der Waals surface area contributed by atoms with Gasteiger partial charge in [0.15, 0.2) is 11.3 Å². The molecule has 0 saturated heterocycles. The predicted molar refractivity (Wildman–Crippen MR) is 105 cm³/mol. The molecule has 0 aliphatic heterocycles. The molecule has 7 nitrogen and oxygen atoms in total. The summed E-state index contributed by atoms with van der Waals surface area (Å²) in [5, 5.41) is 7.28. The molecule has 0 atom stereocenters. The summed E-state index contributed by atoms with van der Waals surface area (Å²) in [6.45, 7) is 0.284. The van der Waals surface area contributed by atoms with Gasteiger partial charge in [0.1, 0.15) is 17.0 Å². The van der Waals surface area contributed by atoms with Crippen molar-refractivity contribution in [2.75, 3.05) is 12.9 Å². The molecule has 1 N–H and O–H groups in total. The summed E-state index contributed by atoms with van der Waals surface area (Å²) in [5.41, 5.74) is 3.02. The minimum absolute atomic E-state index is 0.138. The molecular weight excluding hydrogens is 378 g/mol. The number of rotatable bonds is 7. The fourth-order valence-corrected chi connectivity index (χ4v) is 3.23. The molecule has 0 fully saturated rings. The average Bonchev–Trinajstić information content (AvgIpc) is 3.37. The van der Waals surface area contributed by atoms with Crippen LogP contribution in [0.15, 0.2) is 68.8 Å². The van der Waals surface area contributed by atoms with Gasteiger partial charge in [-0.3, -0.25) is 4.79 Å². The summed E-state index contributed by atoms with van der Waals surface area (Å²) < 4.78 is 16.1. The lowest BCUT2D eigenvalue weighted by Gasteiger charge is -2.00. The number of carbonyl (C=O) groups excluding carboxylic acids is 1. The molecule has 0 aliphatic carbocycles. The van der Waals surface area contributed by atoms with E-state index in [1.807, 2.05) is 48.5 Å². The van der Waals surface area contributed by atoms with Crippen LogP contribution in [0.5, 0.6) is 5.75 Å². The van der Waals surface area contributed by atoms with E-state index in [1.54, 1.807) is 13.2 Å². The number of methoxy groups -OCH3 is 1. The van der Waals surface area contributed by atoms with E-state index in [4.69, 9.17) is 13.7 Å². The number of oxazole rings is 1. The lowest BCUT2D eigenvalue weighted by atomic mass is 10.1. The fourth-order valence-electron chi connectivity index (χ4n) is 2.57. The zero-order valence-corrected chi connectivity index (χ0v) is 15.9. The number of hydrogen-bond acceptors (Lipinski definition) is 7. The van der Waals surface area contributed by atoms with E-state index in [9.17, 15) is 4.79 Å². The van der Waals surface area contributed by atoms with Crippen molar-refractivity contribution in [3.63, 3.8) is 0 Å². The van der Waals surface area contributed by atoms with Crippen LogP contribution in [0.25, 0.3) is 22.4 Å². The molecule has 4 rings (SSSR count). The van der Waals surface area contributed by atoms with E-state index in [1.165, 1.54) is 11.8 Å². The van der Waals surface area contributed by atoms with E-state index in [-0.39, 0.29) is 18.2 Å². The number of hydrogen-bond donors (Lipinski definition) is 1. The average molecular weight is 395 g/mol. The van der Waals surface area contributed by atoms with Gasteiger partial charge in [0, 0.05) is 11.6 Å². The first-order valence-electron chi connectivity index (χ1n) is 8.56. The van der Waals surface area contributed by atoms with Crippen molar-refractivity contribution >= 4 is 28.8 Å². The number of nitrogens with one attached hydrogen (secondary N) is 1. The molecule has 2 aromatic carbocycles. The minimum Gasteiger partial charge on any atom is -0.497 e. The van der Waals surface area contributed by atoms with Crippen LogP contribution >= 0.6 is 11.8 Å². The number of thioether (sulfide) groups is 1. The highest BCUT2D eigenvalue weighted by molar-refractivity contribution is 7.99. The molecule has 28 heavy (non-hydrogen) atoms. The van der Waals surface area contributed by atoms with Crippen LogP contribution in [0.2, 0.25) is 0 Å². The van der Waals surface area contributed by atoms with Gasteiger partial charge < -0.3 is 19.0 Å². The van der Waals surface area contributed by atoms with E-state index in [2.05, 4.69) is 15.5 Å². The zero-order valence-electron chi connectivity index (χ0n) is 15.0. The van der Waals surface area contributed by atoms with E-state index < -0.39 is 0 Å². The van der Waals surface area contributed by atoms with Gasteiger partial charge in [-0.1, -0.05) is 29.1 Å². The third-order valence-electron chi connectivity index (χ3n) is 4.00. The Hall–Kier alpha value is -3.26. The smallest absolute Gasteiger partial charge is 0.257 e. The number of nitrogens with zero attached hydrogens (tertiary/aromatic N) is 2. The van der Waals surface area contributed by atoms with Gasteiger partial charge in [0.05, 0.1) is 19.4 Å². The Labute approximate surface area is 165 Å². The summed E-state index contributed by atoms with van der Waals surface area (Å²) in [7, 11) is 1.62. The Morgan fingerprint density at radius 2 is 2.00 bits per heavy atom. The van der Waals surface area contributed by atoms with Crippen molar-refractivity contribution in [2.24, 2.45) is 0 Å². The predicted octanol–water partition coefficient (Wildman–Crippen LogP) is 3.90. The molecule has 4 aromatic rings. The normalized spacial score (nSPS) is 10.9. The molecule has 0 unspecified atom stereocenters. The van der Waals surface area contributed by atoms with Gasteiger partial charge in [-0.2, -0.15) is 0 Å². The number of amides is 1. The van der Waals surface area contributed by atoms with Crippen LogP contribution in [-0.2, 0) is 11.3 Å². The third kappa shape index (κ3) is 4.17. The van der Waals surface area contributed by atoms with Crippen LogP contribution in [0.3, 0.4) is 0 Å². The SMILES string of the molecule is COc1ccc(-c2cc(CNC(=O)CSc3nc4ccccc4o3)no2)cc1.